The zero-order valence-electron chi connectivity index (χ0n) is 12.1. The Kier molecular flexibility index (Phi) is 4.13. The quantitative estimate of drug-likeness (QED) is 0.778. The van der Waals surface area contributed by atoms with Crippen molar-refractivity contribution in [1.29, 1.82) is 0 Å². The zero-order chi connectivity index (χ0) is 14.8. The SMILES string of the molecule is O=C(NCC1(O)CCSC1)NCC1(c2ccccc2)CC1. The van der Waals surface area contributed by atoms with Crippen LogP contribution in [0.3, 0.4) is 0 Å². The van der Waals surface area contributed by atoms with Crippen LogP contribution in [0.2, 0.25) is 0 Å². The first-order chi connectivity index (χ1) is 10.1. The largest absolute Gasteiger partial charge is 0.387 e. The summed E-state index contributed by atoms with van der Waals surface area (Å²) >= 11 is 1.74. The van der Waals surface area contributed by atoms with Crippen LogP contribution in [0.4, 0.5) is 4.79 Å². The topological polar surface area (TPSA) is 61.4 Å². The number of nitrogens with one attached hydrogen (secondary N) is 2. The molecule has 2 aliphatic rings. The highest BCUT2D eigenvalue weighted by Crippen LogP contribution is 2.47. The summed E-state index contributed by atoms with van der Waals surface area (Å²) < 4.78 is 0. The Morgan fingerprint density at radius 1 is 1.14 bits per heavy atom. The van der Waals surface area contributed by atoms with Crippen molar-refractivity contribution in [3.8, 4) is 0 Å². The molecule has 1 saturated heterocycles. The van der Waals surface area contributed by atoms with E-state index in [4.69, 9.17) is 0 Å². The molecule has 3 rings (SSSR count). The van der Waals surface area contributed by atoms with Crippen LogP contribution in [0.5, 0.6) is 0 Å². The van der Waals surface area contributed by atoms with Crippen LogP contribution in [0.25, 0.3) is 0 Å². The van der Waals surface area contributed by atoms with Crippen molar-refractivity contribution in [2.45, 2.75) is 30.3 Å². The van der Waals surface area contributed by atoms with Crippen LogP contribution in [0.1, 0.15) is 24.8 Å². The molecule has 4 nitrogen and oxygen atoms in total. The van der Waals surface area contributed by atoms with Crippen LogP contribution in [-0.2, 0) is 5.41 Å². The van der Waals surface area contributed by atoms with Gasteiger partial charge in [0, 0.05) is 24.3 Å². The lowest BCUT2D eigenvalue weighted by atomic mass is 9.96. The summed E-state index contributed by atoms with van der Waals surface area (Å²) in [6, 6.07) is 10.2. The predicted octanol–water partition coefficient (Wildman–Crippen LogP) is 1.89. The fourth-order valence-corrected chi connectivity index (χ4v) is 4.10. The van der Waals surface area contributed by atoms with E-state index in [1.807, 2.05) is 18.2 Å². The molecule has 1 saturated carbocycles. The number of hydrogen-bond acceptors (Lipinski definition) is 3. The van der Waals surface area contributed by atoms with E-state index in [9.17, 15) is 9.90 Å². The van der Waals surface area contributed by atoms with Crippen LogP contribution in [0, 0.1) is 0 Å². The van der Waals surface area contributed by atoms with Gasteiger partial charge in [-0.3, -0.25) is 0 Å². The third kappa shape index (κ3) is 3.52. The molecule has 0 spiro atoms. The molecule has 114 valence electrons. The highest BCUT2D eigenvalue weighted by molar-refractivity contribution is 7.99. The van der Waals surface area contributed by atoms with Gasteiger partial charge in [-0.15, -0.1) is 0 Å². The van der Waals surface area contributed by atoms with Gasteiger partial charge in [0.25, 0.3) is 0 Å². The summed E-state index contributed by atoms with van der Waals surface area (Å²) in [6.07, 6.45) is 3.00. The highest BCUT2D eigenvalue weighted by Gasteiger charge is 2.44. The average Bonchev–Trinajstić information content (AvgIpc) is 3.19. The van der Waals surface area contributed by atoms with Gasteiger partial charge < -0.3 is 15.7 Å². The second-order valence-corrected chi connectivity index (χ2v) is 7.31. The zero-order valence-corrected chi connectivity index (χ0v) is 12.9. The predicted molar refractivity (Wildman–Crippen MR) is 85.6 cm³/mol. The minimum atomic E-state index is -0.724. The van der Waals surface area contributed by atoms with Gasteiger partial charge in [-0.25, -0.2) is 4.79 Å². The summed E-state index contributed by atoms with van der Waals surface area (Å²) in [5.41, 5.74) is 0.702. The summed E-state index contributed by atoms with van der Waals surface area (Å²) in [7, 11) is 0. The van der Waals surface area contributed by atoms with Crippen LogP contribution in [0.15, 0.2) is 30.3 Å². The Hall–Kier alpha value is -1.20. The molecule has 2 amide bonds. The fraction of sp³-hybridized carbons (Fsp3) is 0.562. The summed E-state index contributed by atoms with van der Waals surface area (Å²) in [5, 5.41) is 16.0. The van der Waals surface area contributed by atoms with Crippen LogP contribution < -0.4 is 10.6 Å². The monoisotopic (exact) mass is 306 g/mol. The third-order valence-electron chi connectivity index (χ3n) is 4.49. The first-order valence-corrected chi connectivity index (χ1v) is 8.65. The second kappa shape index (κ2) is 5.89. The average molecular weight is 306 g/mol. The summed E-state index contributed by atoms with van der Waals surface area (Å²) in [5.74, 6) is 1.68. The van der Waals surface area contributed by atoms with Crippen molar-refractivity contribution in [2.24, 2.45) is 0 Å². The summed E-state index contributed by atoms with van der Waals surface area (Å²) in [4.78, 5) is 11.9. The van der Waals surface area contributed by atoms with E-state index in [-0.39, 0.29) is 11.4 Å². The number of benzene rings is 1. The van der Waals surface area contributed by atoms with Gasteiger partial charge in [0.15, 0.2) is 0 Å². The number of carbonyl (C=O) groups is 1. The Morgan fingerprint density at radius 2 is 1.86 bits per heavy atom. The van der Waals surface area contributed by atoms with Gasteiger partial charge in [-0.2, -0.15) is 11.8 Å². The summed E-state index contributed by atoms with van der Waals surface area (Å²) in [6.45, 7) is 1.00. The van der Waals surface area contributed by atoms with Crippen molar-refractivity contribution >= 4 is 17.8 Å². The van der Waals surface area contributed by atoms with Gasteiger partial charge in [0.05, 0.1) is 5.60 Å². The van der Waals surface area contributed by atoms with Crippen molar-refractivity contribution < 1.29 is 9.90 Å². The first kappa shape index (κ1) is 14.7. The molecule has 21 heavy (non-hydrogen) atoms. The van der Waals surface area contributed by atoms with E-state index < -0.39 is 5.60 Å². The van der Waals surface area contributed by atoms with E-state index in [1.165, 1.54) is 5.56 Å². The molecule has 1 heterocycles. The first-order valence-electron chi connectivity index (χ1n) is 7.49. The van der Waals surface area contributed by atoms with Crippen LogP contribution >= 0.6 is 11.8 Å². The molecule has 0 aromatic heterocycles. The Balaban J connectivity index is 1.46. The van der Waals surface area contributed by atoms with E-state index in [2.05, 4.69) is 22.8 Å². The molecule has 5 heteroatoms. The molecular weight excluding hydrogens is 284 g/mol. The van der Waals surface area contributed by atoms with E-state index in [0.29, 0.717) is 18.8 Å². The number of amides is 2. The molecule has 2 fully saturated rings. The van der Waals surface area contributed by atoms with Gasteiger partial charge in [-0.1, -0.05) is 30.3 Å². The molecule has 1 aromatic carbocycles. The van der Waals surface area contributed by atoms with Crippen molar-refractivity contribution in [1.82, 2.24) is 10.6 Å². The van der Waals surface area contributed by atoms with Gasteiger partial charge in [0.1, 0.15) is 0 Å². The maximum Gasteiger partial charge on any atom is 0.314 e. The number of hydrogen-bond donors (Lipinski definition) is 3. The van der Waals surface area contributed by atoms with Gasteiger partial charge >= 0.3 is 6.03 Å². The maximum atomic E-state index is 11.9. The molecule has 1 aromatic rings. The molecule has 1 aliphatic carbocycles. The second-order valence-electron chi connectivity index (χ2n) is 6.21. The Morgan fingerprint density at radius 3 is 2.48 bits per heavy atom. The minimum Gasteiger partial charge on any atom is -0.387 e. The smallest absolute Gasteiger partial charge is 0.314 e. The van der Waals surface area contributed by atoms with Crippen molar-refractivity contribution in [2.75, 3.05) is 24.6 Å². The normalized spacial score (nSPS) is 26.3. The fourth-order valence-electron chi connectivity index (χ4n) is 2.80. The molecule has 3 N–H and O–H groups in total. The molecule has 0 radical (unpaired) electrons. The maximum absolute atomic E-state index is 11.9. The Labute approximate surface area is 129 Å². The lowest BCUT2D eigenvalue weighted by molar-refractivity contribution is 0.0700. The highest BCUT2D eigenvalue weighted by atomic mass is 32.2. The molecule has 1 unspecified atom stereocenters. The number of thioether (sulfide) groups is 1. The lowest BCUT2D eigenvalue weighted by Gasteiger charge is -2.22. The van der Waals surface area contributed by atoms with E-state index >= 15 is 0 Å². The number of carbonyl (C=O) groups excluding carboxylic acids is 1. The number of urea groups is 1. The van der Waals surface area contributed by atoms with Crippen molar-refractivity contribution in [3.05, 3.63) is 35.9 Å². The van der Waals surface area contributed by atoms with Gasteiger partial charge in [-0.05, 0) is 30.6 Å². The van der Waals surface area contributed by atoms with E-state index in [0.717, 1.165) is 25.0 Å². The van der Waals surface area contributed by atoms with Crippen LogP contribution in [-0.4, -0.2) is 41.3 Å². The molecule has 0 bridgehead atoms. The molecule has 1 aliphatic heterocycles. The molecule has 1 atom stereocenters. The number of aliphatic hydroxyl groups is 1. The minimum absolute atomic E-state index is 0.124. The standard InChI is InChI=1S/C16H22N2O2S/c19-14(18-11-16(20)8-9-21-12-16)17-10-15(6-7-15)13-4-2-1-3-5-13/h1-5,20H,6-12H2,(H2,17,18,19). The third-order valence-corrected chi connectivity index (χ3v) is 5.72. The number of rotatable bonds is 5. The Bertz CT molecular complexity index is 496. The van der Waals surface area contributed by atoms with Crippen molar-refractivity contribution in [3.63, 3.8) is 0 Å². The lowest BCUT2D eigenvalue weighted by Crippen LogP contribution is -2.47. The molecular formula is C16H22N2O2S. The van der Waals surface area contributed by atoms with Gasteiger partial charge in [0.2, 0.25) is 0 Å². The van der Waals surface area contributed by atoms with E-state index in [1.54, 1.807) is 11.8 Å².